The number of nitrogens with one attached hydrogen (secondary N) is 2. The predicted molar refractivity (Wildman–Crippen MR) is 75.6 cm³/mol. The van der Waals surface area contributed by atoms with Gasteiger partial charge in [-0.15, -0.1) is 0 Å². The number of nitrogens with zero attached hydrogens (tertiary/aromatic N) is 1. The third kappa shape index (κ3) is 4.85. The minimum absolute atomic E-state index is 0.0518. The van der Waals surface area contributed by atoms with E-state index in [-0.39, 0.29) is 23.7 Å². The Balaban J connectivity index is 2.55. The van der Waals surface area contributed by atoms with Gasteiger partial charge in [0.1, 0.15) is 5.82 Å². The molecule has 0 aliphatic carbocycles. The molecule has 7 heteroatoms. The largest absolute Gasteiger partial charge is 0.346 e. The summed E-state index contributed by atoms with van der Waals surface area (Å²) in [6.45, 7) is 3.27. The summed E-state index contributed by atoms with van der Waals surface area (Å²) < 4.78 is 13.6. The highest BCUT2D eigenvalue weighted by atomic mass is 19.1. The molecule has 0 saturated carbocycles. The monoisotopic (exact) mass is 292 g/mol. The quantitative estimate of drug-likeness (QED) is 0.743. The van der Waals surface area contributed by atoms with Crippen LogP contribution < -0.4 is 16.4 Å². The zero-order valence-electron chi connectivity index (χ0n) is 11.8. The molecule has 1 atom stereocenters. The molecule has 0 spiro atoms. The Morgan fingerprint density at radius 2 is 2.10 bits per heavy atom. The molecular weight excluding hydrogens is 275 g/mol. The molecule has 112 valence electrons. The number of halogens is 1. The molecule has 4 N–H and O–H groups in total. The summed E-state index contributed by atoms with van der Waals surface area (Å²) in [6, 6.07) is 4.77. The van der Waals surface area contributed by atoms with E-state index >= 15 is 0 Å². The van der Waals surface area contributed by atoms with Crippen LogP contribution in [0.25, 0.3) is 0 Å². The maximum absolute atomic E-state index is 13.6. The van der Waals surface area contributed by atoms with Crippen LogP contribution in [-0.2, 0) is 9.59 Å². The average molecular weight is 292 g/mol. The van der Waals surface area contributed by atoms with Crippen LogP contribution in [0, 0.1) is 23.1 Å². The summed E-state index contributed by atoms with van der Waals surface area (Å²) in [6.07, 6.45) is 0. The first-order valence-corrected chi connectivity index (χ1v) is 6.38. The Hall–Kier alpha value is -2.46. The predicted octanol–water partition coefficient (Wildman–Crippen LogP) is 0.735. The first kappa shape index (κ1) is 16.6. The molecule has 6 nitrogen and oxygen atoms in total. The molecule has 0 aliphatic rings. The van der Waals surface area contributed by atoms with Gasteiger partial charge in [-0.3, -0.25) is 9.59 Å². The number of nitriles is 1. The lowest BCUT2D eigenvalue weighted by Gasteiger charge is -2.15. The van der Waals surface area contributed by atoms with Crippen molar-refractivity contribution in [2.75, 3.05) is 11.9 Å². The number of carbonyl (C=O) groups is 2. The van der Waals surface area contributed by atoms with Crippen molar-refractivity contribution in [3.05, 3.63) is 29.6 Å². The second kappa shape index (κ2) is 7.36. The Kier molecular flexibility index (Phi) is 5.81. The van der Waals surface area contributed by atoms with E-state index in [2.05, 4.69) is 10.6 Å². The smallest absolute Gasteiger partial charge is 0.243 e. The number of carbonyl (C=O) groups excluding carboxylic acids is 2. The van der Waals surface area contributed by atoms with Crippen LogP contribution in [0.2, 0.25) is 0 Å². The molecule has 0 fully saturated rings. The number of hydrogen-bond acceptors (Lipinski definition) is 4. The van der Waals surface area contributed by atoms with E-state index in [9.17, 15) is 14.0 Å². The topological polar surface area (TPSA) is 108 Å². The van der Waals surface area contributed by atoms with Crippen molar-refractivity contribution < 1.29 is 14.0 Å². The van der Waals surface area contributed by atoms with Crippen molar-refractivity contribution in [3.8, 4) is 6.07 Å². The van der Waals surface area contributed by atoms with Crippen LogP contribution in [-0.4, -0.2) is 24.4 Å². The van der Waals surface area contributed by atoms with Crippen LogP contribution >= 0.6 is 0 Å². The summed E-state index contributed by atoms with van der Waals surface area (Å²) >= 11 is 0. The van der Waals surface area contributed by atoms with Crippen molar-refractivity contribution in [1.82, 2.24) is 5.32 Å². The molecule has 0 unspecified atom stereocenters. The third-order valence-electron chi connectivity index (χ3n) is 2.82. The third-order valence-corrected chi connectivity index (χ3v) is 2.82. The van der Waals surface area contributed by atoms with E-state index in [1.54, 1.807) is 19.9 Å². The molecule has 2 amide bonds. The Labute approximate surface area is 122 Å². The highest BCUT2D eigenvalue weighted by molar-refractivity contribution is 5.95. The average Bonchev–Trinajstić information content (AvgIpc) is 2.45. The lowest BCUT2D eigenvalue weighted by atomic mass is 10.1. The second-order valence-corrected chi connectivity index (χ2v) is 4.84. The molecule has 0 saturated heterocycles. The van der Waals surface area contributed by atoms with Gasteiger partial charge in [-0.1, -0.05) is 13.8 Å². The van der Waals surface area contributed by atoms with Gasteiger partial charge in [-0.05, 0) is 24.1 Å². The lowest BCUT2D eigenvalue weighted by molar-refractivity contribution is -0.125. The van der Waals surface area contributed by atoms with Gasteiger partial charge in [-0.2, -0.15) is 5.26 Å². The van der Waals surface area contributed by atoms with E-state index in [1.165, 1.54) is 12.1 Å². The minimum atomic E-state index is -0.715. The summed E-state index contributed by atoms with van der Waals surface area (Å²) in [4.78, 5) is 23.2. The maximum atomic E-state index is 13.6. The van der Waals surface area contributed by atoms with E-state index < -0.39 is 23.7 Å². The molecule has 0 aliphatic heterocycles. The van der Waals surface area contributed by atoms with Gasteiger partial charge in [0.25, 0.3) is 0 Å². The highest BCUT2D eigenvalue weighted by Gasteiger charge is 2.17. The molecule has 1 aromatic carbocycles. The summed E-state index contributed by atoms with van der Waals surface area (Å²) in [5, 5.41) is 13.3. The first-order chi connectivity index (χ1) is 9.85. The number of amides is 2. The molecule has 21 heavy (non-hydrogen) atoms. The number of benzene rings is 1. The Bertz CT molecular complexity index is 581. The summed E-state index contributed by atoms with van der Waals surface area (Å²) in [5.41, 5.74) is 5.72. The van der Waals surface area contributed by atoms with E-state index in [4.69, 9.17) is 11.0 Å². The molecule has 0 radical (unpaired) electrons. The Morgan fingerprint density at radius 1 is 1.43 bits per heavy atom. The van der Waals surface area contributed by atoms with Gasteiger partial charge >= 0.3 is 0 Å². The standard InChI is InChI=1S/C14H17FN4O2/c1-8(2)13(17)14(21)18-7-12(20)19-11-4-3-9(6-16)5-10(11)15/h3-5,8,13H,7,17H2,1-2H3,(H,18,21)(H,19,20)/t13-/m0/s1. The molecule has 0 bridgehead atoms. The number of nitrogens with two attached hydrogens (primary N) is 1. The molecule has 0 aromatic heterocycles. The molecule has 0 heterocycles. The van der Waals surface area contributed by atoms with E-state index in [1.807, 2.05) is 0 Å². The van der Waals surface area contributed by atoms with Crippen molar-refractivity contribution in [2.45, 2.75) is 19.9 Å². The molecular formula is C14H17FN4O2. The Morgan fingerprint density at radius 3 is 2.62 bits per heavy atom. The van der Waals surface area contributed by atoms with Crippen LogP contribution in [0.4, 0.5) is 10.1 Å². The van der Waals surface area contributed by atoms with Gasteiger partial charge in [-0.25, -0.2) is 4.39 Å². The van der Waals surface area contributed by atoms with Gasteiger partial charge in [0, 0.05) is 0 Å². The summed E-state index contributed by atoms with van der Waals surface area (Å²) in [5.74, 6) is -1.79. The summed E-state index contributed by atoms with van der Waals surface area (Å²) in [7, 11) is 0. The van der Waals surface area contributed by atoms with Crippen molar-refractivity contribution in [1.29, 1.82) is 5.26 Å². The van der Waals surface area contributed by atoms with E-state index in [0.29, 0.717) is 0 Å². The minimum Gasteiger partial charge on any atom is -0.346 e. The number of hydrogen-bond donors (Lipinski definition) is 3. The van der Waals surface area contributed by atoms with Crippen molar-refractivity contribution in [3.63, 3.8) is 0 Å². The van der Waals surface area contributed by atoms with Crippen molar-refractivity contribution >= 4 is 17.5 Å². The van der Waals surface area contributed by atoms with Crippen LogP contribution in [0.3, 0.4) is 0 Å². The molecule has 1 aromatic rings. The van der Waals surface area contributed by atoms with Gasteiger partial charge in [0.2, 0.25) is 11.8 Å². The van der Waals surface area contributed by atoms with E-state index in [0.717, 1.165) is 6.07 Å². The van der Waals surface area contributed by atoms with Gasteiger partial charge < -0.3 is 16.4 Å². The normalized spacial score (nSPS) is 11.6. The van der Waals surface area contributed by atoms with Crippen LogP contribution in [0.1, 0.15) is 19.4 Å². The zero-order chi connectivity index (χ0) is 16.0. The number of rotatable bonds is 5. The SMILES string of the molecule is CC(C)[C@H](N)C(=O)NCC(=O)Nc1ccc(C#N)cc1F. The fraction of sp³-hybridized carbons (Fsp3) is 0.357. The maximum Gasteiger partial charge on any atom is 0.243 e. The fourth-order valence-corrected chi connectivity index (χ4v) is 1.47. The zero-order valence-corrected chi connectivity index (χ0v) is 11.8. The molecule has 1 rings (SSSR count). The first-order valence-electron chi connectivity index (χ1n) is 6.38. The lowest BCUT2D eigenvalue weighted by Crippen LogP contribution is -2.46. The van der Waals surface area contributed by atoms with Crippen LogP contribution in [0.5, 0.6) is 0 Å². The van der Waals surface area contributed by atoms with Crippen molar-refractivity contribution in [2.24, 2.45) is 11.7 Å². The van der Waals surface area contributed by atoms with Gasteiger partial charge in [0.05, 0.1) is 29.9 Å². The second-order valence-electron chi connectivity index (χ2n) is 4.84. The fourth-order valence-electron chi connectivity index (χ4n) is 1.47. The van der Waals surface area contributed by atoms with Crippen LogP contribution in [0.15, 0.2) is 18.2 Å². The van der Waals surface area contributed by atoms with Gasteiger partial charge in [0.15, 0.2) is 0 Å². The number of anilines is 1. The highest BCUT2D eigenvalue weighted by Crippen LogP contribution is 2.14.